The van der Waals surface area contributed by atoms with Crippen LogP contribution in [0.2, 0.25) is 0 Å². The maximum atomic E-state index is 11.3. The van der Waals surface area contributed by atoms with E-state index >= 15 is 0 Å². The molecule has 0 aromatic heterocycles. The van der Waals surface area contributed by atoms with Gasteiger partial charge in [-0.15, -0.1) is 0 Å². The van der Waals surface area contributed by atoms with Crippen molar-refractivity contribution < 1.29 is 4.79 Å². The summed E-state index contributed by atoms with van der Waals surface area (Å²) >= 11 is 0. The maximum absolute atomic E-state index is 11.3. The Morgan fingerprint density at radius 1 is 1.29 bits per heavy atom. The van der Waals surface area contributed by atoms with Crippen LogP contribution < -0.4 is 11.1 Å². The van der Waals surface area contributed by atoms with E-state index in [9.17, 15) is 4.79 Å². The SMILES string of the molecule is N=C(N)CC(=O)NC1CCCCCC1. The minimum atomic E-state index is -0.107. The van der Waals surface area contributed by atoms with E-state index in [1.807, 2.05) is 0 Å². The molecule has 14 heavy (non-hydrogen) atoms. The van der Waals surface area contributed by atoms with E-state index in [1.165, 1.54) is 25.7 Å². The van der Waals surface area contributed by atoms with Gasteiger partial charge in [-0.1, -0.05) is 25.7 Å². The number of nitrogens with two attached hydrogens (primary N) is 1. The van der Waals surface area contributed by atoms with Crippen LogP contribution in [0, 0.1) is 5.41 Å². The van der Waals surface area contributed by atoms with Crippen molar-refractivity contribution in [3.8, 4) is 0 Å². The van der Waals surface area contributed by atoms with Crippen LogP contribution >= 0.6 is 0 Å². The Bertz CT molecular complexity index is 207. The van der Waals surface area contributed by atoms with Gasteiger partial charge >= 0.3 is 0 Å². The molecule has 0 aliphatic heterocycles. The van der Waals surface area contributed by atoms with Gasteiger partial charge in [0.05, 0.1) is 12.3 Å². The van der Waals surface area contributed by atoms with Crippen LogP contribution in [0.1, 0.15) is 44.9 Å². The number of amides is 1. The molecule has 0 spiro atoms. The summed E-state index contributed by atoms with van der Waals surface area (Å²) in [5.74, 6) is -0.166. The summed E-state index contributed by atoms with van der Waals surface area (Å²) in [7, 11) is 0. The summed E-state index contributed by atoms with van der Waals surface area (Å²) in [4.78, 5) is 11.3. The molecule has 1 aliphatic carbocycles. The van der Waals surface area contributed by atoms with Gasteiger partial charge in [0.2, 0.25) is 5.91 Å². The minimum Gasteiger partial charge on any atom is -0.387 e. The number of amidine groups is 1. The Labute approximate surface area is 84.8 Å². The van der Waals surface area contributed by atoms with Crippen LogP contribution in [-0.2, 0) is 4.79 Å². The van der Waals surface area contributed by atoms with E-state index in [2.05, 4.69) is 5.32 Å². The lowest BCUT2D eigenvalue weighted by atomic mass is 10.1. The number of hydrogen-bond donors (Lipinski definition) is 3. The second-order valence-corrected chi connectivity index (χ2v) is 3.96. The predicted molar refractivity (Wildman–Crippen MR) is 56.2 cm³/mol. The zero-order chi connectivity index (χ0) is 10.4. The first kappa shape index (κ1) is 11.0. The highest BCUT2D eigenvalue weighted by molar-refractivity contribution is 5.97. The van der Waals surface area contributed by atoms with Gasteiger partial charge in [-0.2, -0.15) is 0 Å². The lowest BCUT2D eigenvalue weighted by Gasteiger charge is -2.15. The summed E-state index contributed by atoms with van der Waals surface area (Å²) in [6.45, 7) is 0. The summed E-state index contributed by atoms with van der Waals surface area (Å²) < 4.78 is 0. The van der Waals surface area contributed by atoms with Crippen molar-refractivity contribution in [3.63, 3.8) is 0 Å². The normalized spacial score (nSPS) is 18.6. The smallest absolute Gasteiger partial charge is 0.227 e. The second kappa shape index (κ2) is 5.62. The molecule has 0 bridgehead atoms. The van der Waals surface area contributed by atoms with Gasteiger partial charge in [-0.3, -0.25) is 10.2 Å². The van der Waals surface area contributed by atoms with Crippen molar-refractivity contribution in [3.05, 3.63) is 0 Å². The minimum absolute atomic E-state index is 0.0382. The molecular weight excluding hydrogens is 178 g/mol. The van der Waals surface area contributed by atoms with Gasteiger partial charge in [-0.05, 0) is 12.8 Å². The van der Waals surface area contributed by atoms with E-state index in [0.29, 0.717) is 6.04 Å². The van der Waals surface area contributed by atoms with Crippen LogP contribution in [0.5, 0.6) is 0 Å². The highest BCUT2D eigenvalue weighted by Crippen LogP contribution is 2.17. The van der Waals surface area contributed by atoms with Crippen molar-refractivity contribution in [2.75, 3.05) is 0 Å². The molecule has 0 unspecified atom stereocenters. The second-order valence-electron chi connectivity index (χ2n) is 3.96. The van der Waals surface area contributed by atoms with Crippen LogP contribution in [0.15, 0.2) is 0 Å². The number of carbonyl (C=O) groups excluding carboxylic acids is 1. The molecule has 1 aliphatic rings. The Hall–Kier alpha value is -1.06. The third kappa shape index (κ3) is 4.25. The molecule has 80 valence electrons. The predicted octanol–water partition coefficient (Wildman–Crippen LogP) is 1.15. The number of carbonyl (C=O) groups is 1. The van der Waals surface area contributed by atoms with Crippen molar-refractivity contribution in [2.24, 2.45) is 5.73 Å². The Balaban J connectivity index is 2.27. The zero-order valence-electron chi connectivity index (χ0n) is 8.51. The Morgan fingerprint density at radius 2 is 1.86 bits per heavy atom. The fraction of sp³-hybridized carbons (Fsp3) is 0.800. The van der Waals surface area contributed by atoms with Gasteiger partial charge in [0.25, 0.3) is 0 Å². The first-order valence-corrected chi connectivity index (χ1v) is 5.31. The molecule has 0 atom stereocenters. The maximum Gasteiger partial charge on any atom is 0.227 e. The van der Waals surface area contributed by atoms with E-state index in [-0.39, 0.29) is 18.2 Å². The quantitative estimate of drug-likeness (QED) is 0.360. The molecule has 0 saturated heterocycles. The van der Waals surface area contributed by atoms with E-state index in [4.69, 9.17) is 11.1 Å². The van der Waals surface area contributed by atoms with Gasteiger partial charge in [0.1, 0.15) is 0 Å². The lowest BCUT2D eigenvalue weighted by Crippen LogP contribution is -2.36. The third-order valence-corrected chi connectivity index (χ3v) is 2.57. The van der Waals surface area contributed by atoms with E-state index < -0.39 is 0 Å². The molecule has 1 amide bonds. The fourth-order valence-corrected chi connectivity index (χ4v) is 1.88. The average molecular weight is 197 g/mol. The van der Waals surface area contributed by atoms with Crippen molar-refractivity contribution in [1.29, 1.82) is 5.41 Å². The largest absolute Gasteiger partial charge is 0.387 e. The van der Waals surface area contributed by atoms with Gasteiger partial charge in [-0.25, -0.2) is 0 Å². The fourth-order valence-electron chi connectivity index (χ4n) is 1.88. The van der Waals surface area contributed by atoms with Gasteiger partial charge < -0.3 is 11.1 Å². The number of rotatable bonds is 3. The molecule has 4 nitrogen and oxygen atoms in total. The van der Waals surface area contributed by atoms with Gasteiger partial charge in [0.15, 0.2) is 0 Å². The average Bonchev–Trinajstić information content (AvgIpc) is 2.31. The molecule has 0 radical (unpaired) electrons. The molecule has 1 fully saturated rings. The molecular formula is C10H19N3O. The first-order valence-electron chi connectivity index (χ1n) is 5.31. The van der Waals surface area contributed by atoms with E-state index in [1.54, 1.807) is 0 Å². The van der Waals surface area contributed by atoms with Crippen LogP contribution in [0.3, 0.4) is 0 Å². The summed E-state index contributed by atoms with van der Waals surface area (Å²) in [5.41, 5.74) is 5.15. The van der Waals surface area contributed by atoms with Gasteiger partial charge in [0, 0.05) is 6.04 Å². The van der Waals surface area contributed by atoms with Crippen molar-refractivity contribution in [2.45, 2.75) is 51.0 Å². The highest BCUT2D eigenvalue weighted by atomic mass is 16.1. The molecule has 1 rings (SSSR count). The molecule has 0 aromatic carbocycles. The Kier molecular flexibility index (Phi) is 4.43. The van der Waals surface area contributed by atoms with E-state index in [0.717, 1.165) is 12.8 Å². The lowest BCUT2D eigenvalue weighted by molar-refractivity contribution is -0.120. The molecule has 4 heteroatoms. The Morgan fingerprint density at radius 3 is 2.36 bits per heavy atom. The van der Waals surface area contributed by atoms with Crippen LogP contribution in [0.25, 0.3) is 0 Å². The highest BCUT2D eigenvalue weighted by Gasteiger charge is 2.14. The number of hydrogen-bond acceptors (Lipinski definition) is 2. The number of nitrogens with one attached hydrogen (secondary N) is 2. The molecule has 0 heterocycles. The summed E-state index contributed by atoms with van der Waals surface area (Å²) in [6, 6.07) is 0.310. The summed E-state index contributed by atoms with van der Waals surface area (Å²) in [5, 5.41) is 9.93. The molecule has 1 saturated carbocycles. The molecule has 4 N–H and O–H groups in total. The third-order valence-electron chi connectivity index (χ3n) is 2.57. The molecule has 0 aromatic rings. The van der Waals surface area contributed by atoms with Crippen molar-refractivity contribution >= 4 is 11.7 Å². The topological polar surface area (TPSA) is 79.0 Å². The van der Waals surface area contributed by atoms with Crippen molar-refractivity contribution in [1.82, 2.24) is 5.32 Å². The summed E-state index contributed by atoms with van der Waals surface area (Å²) in [6.07, 6.45) is 7.14. The van der Waals surface area contributed by atoms with Crippen LogP contribution in [0.4, 0.5) is 0 Å². The first-order chi connectivity index (χ1) is 6.68. The van der Waals surface area contributed by atoms with Crippen LogP contribution in [-0.4, -0.2) is 17.8 Å². The zero-order valence-corrected chi connectivity index (χ0v) is 8.51. The monoisotopic (exact) mass is 197 g/mol. The standard InChI is InChI=1S/C10H19N3O/c11-9(12)7-10(14)13-8-5-3-1-2-4-6-8/h8H,1-7H2,(H3,11,12)(H,13,14).